The maximum atomic E-state index is 6.15. The van der Waals surface area contributed by atoms with Gasteiger partial charge in [-0.2, -0.15) is 0 Å². The van der Waals surface area contributed by atoms with E-state index in [1.165, 1.54) is 0 Å². The van der Waals surface area contributed by atoms with Crippen molar-refractivity contribution in [1.82, 2.24) is 4.98 Å². The Kier molecular flexibility index (Phi) is 5.39. The van der Waals surface area contributed by atoms with Crippen LogP contribution in [-0.2, 0) is 13.2 Å². The van der Waals surface area contributed by atoms with Gasteiger partial charge >= 0.3 is 0 Å². The first-order valence-electron chi connectivity index (χ1n) is 7.00. The fourth-order valence-corrected chi connectivity index (χ4v) is 3.02. The van der Waals surface area contributed by atoms with Gasteiger partial charge in [-0.1, -0.05) is 41.4 Å². The molecule has 23 heavy (non-hydrogen) atoms. The number of nitrogens with one attached hydrogen (secondary N) is 1. The molecule has 1 heterocycles. The van der Waals surface area contributed by atoms with Gasteiger partial charge in [0, 0.05) is 33.7 Å². The minimum Gasteiger partial charge on any atom is -0.489 e. The molecular formula is C17H14Cl2N2OS. The van der Waals surface area contributed by atoms with E-state index in [1.807, 2.05) is 35.7 Å². The van der Waals surface area contributed by atoms with Crippen LogP contribution in [0.3, 0.4) is 0 Å². The topological polar surface area (TPSA) is 34.1 Å². The van der Waals surface area contributed by atoms with Gasteiger partial charge in [0.1, 0.15) is 12.4 Å². The number of thiazole rings is 1. The van der Waals surface area contributed by atoms with Gasteiger partial charge in [0.05, 0.1) is 0 Å². The normalized spacial score (nSPS) is 10.5. The van der Waals surface area contributed by atoms with Gasteiger partial charge in [-0.3, -0.25) is 0 Å². The first-order valence-corrected chi connectivity index (χ1v) is 8.63. The fourth-order valence-electron chi connectivity index (χ4n) is 2.03. The van der Waals surface area contributed by atoms with Gasteiger partial charge in [0.2, 0.25) is 0 Å². The molecule has 0 unspecified atom stereocenters. The molecule has 1 N–H and O–H groups in total. The summed E-state index contributed by atoms with van der Waals surface area (Å²) in [7, 11) is 0. The predicted octanol–water partition coefficient (Wildman–Crippen LogP) is 5.64. The van der Waals surface area contributed by atoms with Crippen molar-refractivity contribution in [1.29, 1.82) is 0 Å². The van der Waals surface area contributed by atoms with Crippen molar-refractivity contribution in [2.24, 2.45) is 0 Å². The maximum Gasteiger partial charge on any atom is 0.182 e. The van der Waals surface area contributed by atoms with Gasteiger partial charge in [0.25, 0.3) is 0 Å². The molecule has 3 nitrogen and oxygen atoms in total. The van der Waals surface area contributed by atoms with E-state index in [1.54, 1.807) is 29.7 Å². The first kappa shape index (κ1) is 16.1. The Labute approximate surface area is 148 Å². The second-order valence-electron chi connectivity index (χ2n) is 4.86. The molecule has 2 aromatic carbocycles. The molecule has 6 heteroatoms. The lowest BCUT2D eigenvalue weighted by atomic mass is 10.2. The third-order valence-corrected chi connectivity index (χ3v) is 4.50. The molecule has 0 saturated carbocycles. The predicted molar refractivity (Wildman–Crippen MR) is 96.7 cm³/mol. The van der Waals surface area contributed by atoms with Crippen LogP contribution < -0.4 is 10.1 Å². The van der Waals surface area contributed by atoms with E-state index in [-0.39, 0.29) is 0 Å². The number of anilines is 1. The number of benzene rings is 2. The van der Waals surface area contributed by atoms with Gasteiger partial charge < -0.3 is 10.1 Å². The van der Waals surface area contributed by atoms with Gasteiger partial charge in [-0.25, -0.2) is 4.98 Å². The molecule has 0 spiro atoms. The number of rotatable bonds is 6. The van der Waals surface area contributed by atoms with Crippen molar-refractivity contribution < 1.29 is 4.74 Å². The summed E-state index contributed by atoms with van der Waals surface area (Å²) in [4.78, 5) is 4.20. The average molecular weight is 365 g/mol. The highest BCUT2D eigenvalue weighted by Gasteiger charge is 2.03. The Morgan fingerprint density at radius 3 is 2.83 bits per heavy atom. The third-order valence-electron chi connectivity index (χ3n) is 3.18. The van der Waals surface area contributed by atoms with E-state index in [4.69, 9.17) is 27.9 Å². The number of aromatic nitrogens is 1. The molecule has 0 bridgehead atoms. The number of ether oxygens (including phenoxy) is 1. The molecule has 3 rings (SSSR count). The average Bonchev–Trinajstić information content (AvgIpc) is 3.06. The number of hydrogen-bond donors (Lipinski definition) is 1. The molecule has 0 fully saturated rings. The minimum atomic E-state index is 0.402. The van der Waals surface area contributed by atoms with Gasteiger partial charge in [-0.05, 0) is 29.8 Å². The summed E-state index contributed by atoms with van der Waals surface area (Å²) in [6.07, 6.45) is 1.78. The van der Waals surface area contributed by atoms with Crippen molar-refractivity contribution in [3.8, 4) is 5.75 Å². The summed E-state index contributed by atoms with van der Waals surface area (Å²) in [5.41, 5.74) is 2.03. The molecular weight excluding hydrogens is 351 g/mol. The third kappa shape index (κ3) is 4.61. The SMILES string of the molecule is Clc1ccc(COc2cccc(CNc3nccs3)c2)c(Cl)c1. The van der Waals surface area contributed by atoms with E-state index >= 15 is 0 Å². The Hall–Kier alpha value is -1.75. The van der Waals surface area contributed by atoms with Crippen LogP contribution in [0.2, 0.25) is 10.0 Å². The molecule has 1 aromatic heterocycles. The summed E-state index contributed by atoms with van der Waals surface area (Å²) in [5, 5.41) is 7.35. The highest BCUT2D eigenvalue weighted by Crippen LogP contribution is 2.23. The number of nitrogens with zero attached hydrogens (tertiary/aromatic N) is 1. The molecule has 0 atom stereocenters. The summed E-state index contributed by atoms with van der Waals surface area (Å²) >= 11 is 13.6. The van der Waals surface area contributed by atoms with E-state index in [0.717, 1.165) is 22.0 Å². The smallest absolute Gasteiger partial charge is 0.182 e. The highest BCUT2D eigenvalue weighted by molar-refractivity contribution is 7.13. The largest absolute Gasteiger partial charge is 0.489 e. The number of halogens is 2. The van der Waals surface area contributed by atoms with Crippen molar-refractivity contribution in [2.75, 3.05) is 5.32 Å². The molecule has 0 aliphatic rings. The van der Waals surface area contributed by atoms with E-state index in [2.05, 4.69) is 10.3 Å². The van der Waals surface area contributed by atoms with Crippen LogP contribution >= 0.6 is 34.5 Å². The van der Waals surface area contributed by atoms with Crippen molar-refractivity contribution in [3.63, 3.8) is 0 Å². The zero-order valence-corrected chi connectivity index (χ0v) is 14.5. The molecule has 118 valence electrons. The zero-order chi connectivity index (χ0) is 16.1. The van der Waals surface area contributed by atoms with Crippen molar-refractivity contribution >= 4 is 39.7 Å². The van der Waals surface area contributed by atoms with Crippen LogP contribution in [0.25, 0.3) is 0 Å². The quantitative estimate of drug-likeness (QED) is 0.614. The lowest BCUT2D eigenvalue weighted by Crippen LogP contribution is -2.00. The van der Waals surface area contributed by atoms with Crippen LogP contribution in [0.4, 0.5) is 5.13 Å². The Morgan fingerprint density at radius 1 is 1.13 bits per heavy atom. The molecule has 0 saturated heterocycles. The summed E-state index contributed by atoms with van der Waals surface area (Å²) in [5.74, 6) is 0.800. The van der Waals surface area contributed by atoms with E-state index in [0.29, 0.717) is 23.2 Å². The molecule has 0 aliphatic heterocycles. The lowest BCUT2D eigenvalue weighted by Gasteiger charge is -2.10. The Bertz CT molecular complexity index is 778. The molecule has 3 aromatic rings. The number of hydrogen-bond acceptors (Lipinski definition) is 4. The van der Waals surface area contributed by atoms with Gasteiger partial charge in [-0.15, -0.1) is 11.3 Å². The van der Waals surface area contributed by atoms with E-state index in [9.17, 15) is 0 Å². The van der Waals surface area contributed by atoms with Crippen LogP contribution in [0.1, 0.15) is 11.1 Å². The Balaban J connectivity index is 1.60. The van der Waals surface area contributed by atoms with Crippen LogP contribution in [-0.4, -0.2) is 4.98 Å². The van der Waals surface area contributed by atoms with Crippen molar-refractivity contribution in [2.45, 2.75) is 13.2 Å². The van der Waals surface area contributed by atoms with Crippen LogP contribution in [0, 0.1) is 0 Å². The van der Waals surface area contributed by atoms with Crippen LogP contribution in [0.15, 0.2) is 54.0 Å². The standard InChI is InChI=1S/C17H14Cl2N2OS/c18-14-5-4-13(16(19)9-14)11-22-15-3-1-2-12(8-15)10-21-17-20-6-7-23-17/h1-9H,10-11H2,(H,20,21). The zero-order valence-electron chi connectivity index (χ0n) is 12.1. The Morgan fingerprint density at radius 2 is 2.04 bits per heavy atom. The summed E-state index contributed by atoms with van der Waals surface area (Å²) < 4.78 is 5.82. The van der Waals surface area contributed by atoms with Crippen molar-refractivity contribution in [3.05, 3.63) is 75.2 Å². The maximum absolute atomic E-state index is 6.15. The molecule has 0 amide bonds. The fraction of sp³-hybridized carbons (Fsp3) is 0.118. The molecule has 0 radical (unpaired) electrons. The molecule has 0 aliphatic carbocycles. The minimum absolute atomic E-state index is 0.402. The summed E-state index contributed by atoms with van der Waals surface area (Å²) in [6, 6.07) is 13.3. The van der Waals surface area contributed by atoms with E-state index < -0.39 is 0 Å². The second-order valence-corrected chi connectivity index (χ2v) is 6.60. The highest BCUT2D eigenvalue weighted by atomic mass is 35.5. The van der Waals surface area contributed by atoms with Crippen LogP contribution in [0.5, 0.6) is 5.75 Å². The monoisotopic (exact) mass is 364 g/mol. The second kappa shape index (κ2) is 7.68. The van der Waals surface area contributed by atoms with Gasteiger partial charge in [0.15, 0.2) is 5.13 Å². The first-order chi connectivity index (χ1) is 11.2. The lowest BCUT2D eigenvalue weighted by molar-refractivity contribution is 0.306. The summed E-state index contributed by atoms with van der Waals surface area (Å²) in [6.45, 7) is 1.10.